The van der Waals surface area contributed by atoms with Crippen molar-refractivity contribution in [2.45, 2.75) is 6.92 Å². The predicted molar refractivity (Wildman–Crippen MR) is 76.9 cm³/mol. The van der Waals surface area contributed by atoms with E-state index in [9.17, 15) is 9.59 Å². The van der Waals surface area contributed by atoms with Crippen molar-refractivity contribution in [1.82, 2.24) is 20.8 Å². The smallest absolute Gasteiger partial charge is 0.258 e. The Balaban J connectivity index is 1.77. The average molecular weight is 304 g/mol. The van der Waals surface area contributed by atoms with Crippen LogP contribution in [0.1, 0.15) is 6.92 Å². The molecule has 0 spiro atoms. The first-order chi connectivity index (χ1) is 10.7. The van der Waals surface area contributed by atoms with Crippen LogP contribution in [0, 0.1) is 0 Å². The highest BCUT2D eigenvalue weighted by atomic mass is 16.5. The lowest BCUT2D eigenvalue weighted by molar-refractivity contribution is -0.127. The van der Waals surface area contributed by atoms with Gasteiger partial charge in [-0.3, -0.25) is 9.59 Å². The Hall–Kier alpha value is -2.90. The summed E-state index contributed by atoms with van der Waals surface area (Å²) in [6.45, 7) is 2.10. The van der Waals surface area contributed by atoms with Crippen LogP contribution in [-0.4, -0.2) is 41.7 Å². The molecule has 1 aromatic heterocycles. The summed E-state index contributed by atoms with van der Waals surface area (Å²) in [6.07, 6.45) is 1.25. The molecular formula is C14H16N4O4. The van der Waals surface area contributed by atoms with Crippen molar-refractivity contribution in [1.29, 1.82) is 0 Å². The van der Waals surface area contributed by atoms with Gasteiger partial charge in [0.2, 0.25) is 18.2 Å². The van der Waals surface area contributed by atoms with Crippen LogP contribution in [0.4, 0.5) is 0 Å². The van der Waals surface area contributed by atoms with E-state index in [1.54, 1.807) is 31.2 Å². The summed E-state index contributed by atoms with van der Waals surface area (Å²) in [5.74, 6) is 0.328. The maximum Gasteiger partial charge on any atom is 0.258 e. The van der Waals surface area contributed by atoms with E-state index in [4.69, 9.17) is 9.15 Å². The second kappa shape index (κ2) is 7.77. The van der Waals surface area contributed by atoms with Gasteiger partial charge in [0.1, 0.15) is 5.75 Å². The maximum atomic E-state index is 11.5. The highest BCUT2D eigenvalue weighted by Gasteiger charge is 2.07. The number of likely N-dealkylation sites (N-methyl/N-ethyl adjacent to an activating group) is 1. The molecule has 0 saturated carbocycles. The lowest BCUT2D eigenvalue weighted by Gasteiger charge is -2.07. The van der Waals surface area contributed by atoms with E-state index in [2.05, 4.69) is 20.8 Å². The van der Waals surface area contributed by atoms with Gasteiger partial charge in [0.15, 0.2) is 6.61 Å². The Kier molecular flexibility index (Phi) is 5.47. The fraction of sp³-hybridized carbons (Fsp3) is 0.286. The molecule has 8 heteroatoms. The molecule has 0 aliphatic carbocycles. The molecule has 2 amide bonds. The van der Waals surface area contributed by atoms with Gasteiger partial charge in [-0.25, -0.2) is 0 Å². The number of ether oxygens (including phenoxy) is 1. The third-order valence-electron chi connectivity index (χ3n) is 2.65. The predicted octanol–water partition coefficient (Wildman–Crippen LogP) is 0.368. The minimum Gasteiger partial charge on any atom is -0.484 e. The number of hydrogen-bond donors (Lipinski definition) is 2. The minimum atomic E-state index is -0.368. The van der Waals surface area contributed by atoms with Crippen molar-refractivity contribution in [2.24, 2.45) is 0 Å². The molecule has 0 atom stereocenters. The van der Waals surface area contributed by atoms with Gasteiger partial charge >= 0.3 is 0 Å². The SMILES string of the molecule is CCNC(=O)CNC(=O)COc1ccc(-c2nnco2)cc1. The summed E-state index contributed by atoms with van der Waals surface area (Å²) in [5, 5.41) is 12.4. The third kappa shape index (κ3) is 4.58. The summed E-state index contributed by atoms with van der Waals surface area (Å²) in [4.78, 5) is 22.7. The van der Waals surface area contributed by atoms with Crippen molar-refractivity contribution < 1.29 is 18.7 Å². The Bertz CT molecular complexity index is 610. The topological polar surface area (TPSA) is 106 Å². The highest BCUT2D eigenvalue weighted by molar-refractivity contribution is 5.85. The van der Waals surface area contributed by atoms with Gasteiger partial charge < -0.3 is 19.8 Å². The second-order valence-corrected chi connectivity index (χ2v) is 4.29. The average Bonchev–Trinajstić information content (AvgIpc) is 3.06. The standard InChI is InChI=1S/C14H16N4O4/c1-2-15-12(19)7-16-13(20)8-21-11-5-3-10(4-6-11)14-18-17-9-22-14/h3-6,9H,2,7-8H2,1H3,(H,15,19)(H,16,20). The first kappa shape index (κ1) is 15.5. The van der Waals surface area contributed by atoms with Gasteiger partial charge in [-0.2, -0.15) is 0 Å². The number of hydrogen-bond acceptors (Lipinski definition) is 6. The number of nitrogens with zero attached hydrogens (tertiary/aromatic N) is 2. The summed E-state index contributed by atoms with van der Waals surface area (Å²) in [6, 6.07) is 6.87. The molecule has 2 rings (SSSR count). The van der Waals surface area contributed by atoms with Crippen molar-refractivity contribution in [2.75, 3.05) is 19.7 Å². The van der Waals surface area contributed by atoms with Crippen molar-refractivity contribution in [3.8, 4) is 17.2 Å². The number of amides is 2. The first-order valence-electron chi connectivity index (χ1n) is 6.72. The lowest BCUT2D eigenvalue weighted by Crippen LogP contribution is -2.38. The summed E-state index contributed by atoms with van der Waals surface area (Å²) < 4.78 is 10.4. The zero-order valence-electron chi connectivity index (χ0n) is 12.0. The Morgan fingerprint density at radius 3 is 2.59 bits per heavy atom. The number of aromatic nitrogens is 2. The van der Waals surface area contributed by atoms with E-state index < -0.39 is 0 Å². The number of benzene rings is 1. The molecule has 2 N–H and O–H groups in total. The molecule has 0 fully saturated rings. The summed E-state index contributed by atoms with van der Waals surface area (Å²) in [7, 11) is 0. The van der Waals surface area contributed by atoms with Crippen molar-refractivity contribution >= 4 is 11.8 Å². The first-order valence-corrected chi connectivity index (χ1v) is 6.72. The Morgan fingerprint density at radius 1 is 1.18 bits per heavy atom. The Labute approximate surface area is 126 Å². The van der Waals surface area contributed by atoms with Gasteiger partial charge in [-0.15, -0.1) is 10.2 Å². The molecule has 0 saturated heterocycles. The van der Waals surface area contributed by atoms with E-state index in [1.807, 2.05) is 0 Å². The van der Waals surface area contributed by atoms with Gasteiger partial charge in [0, 0.05) is 12.1 Å². The van der Waals surface area contributed by atoms with Crippen molar-refractivity contribution in [3.63, 3.8) is 0 Å². The molecule has 1 aromatic carbocycles. The normalized spacial score (nSPS) is 10.0. The maximum absolute atomic E-state index is 11.5. The van der Waals surface area contributed by atoms with Crippen LogP contribution in [0.3, 0.4) is 0 Å². The van der Waals surface area contributed by atoms with E-state index in [0.29, 0.717) is 18.2 Å². The van der Waals surface area contributed by atoms with Gasteiger partial charge in [0.05, 0.1) is 6.54 Å². The molecule has 8 nitrogen and oxygen atoms in total. The monoisotopic (exact) mass is 304 g/mol. The fourth-order valence-electron chi connectivity index (χ4n) is 1.63. The van der Waals surface area contributed by atoms with Crippen LogP contribution in [-0.2, 0) is 9.59 Å². The molecule has 0 unspecified atom stereocenters. The molecule has 22 heavy (non-hydrogen) atoms. The second-order valence-electron chi connectivity index (χ2n) is 4.29. The molecule has 116 valence electrons. The van der Waals surface area contributed by atoms with E-state index in [1.165, 1.54) is 6.39 Å². The number of carbonyl (C=O) groups is 2. The van der Waals surface area contributed by atoms with Gasteiger partial charge in [0.25, 0.3) is 5.91 Å². The van der Waals surface area contributed by atoms with Crippen LogP contribution in [0.5, 0.6) is 5.75 Å². The molecule has 0 bridgehead atoms. The van der Waals surface area contributed by atoms with Crippen LogP contribution in [0.15, 0.2) is 35.1 Å². The zero-order valence-corrected chi connectivity index (χ0v) is 12.0. The van der Waals surface area contributed by atoms with E-state index >= 15 is 0 Å². The minimum absolute atomic E-state index is 0.0634. The van der Waals surface area contributed by atoms with Crippen molar-refractivity contribution in [3.05, 3.63) is 30.7 Å². The highest BCUT2D eigenvalue weighted by Crippen LogP contribution is 2.19. The molecule has 0 aliphatic rings. The molecule has 0 aliphatic heterocycles. The number of rotatable bonds is 7. The number of carbonyl (C=O) groups excluding carboxylic acids is 2. The van der Waals surface area contributed by atoms with Gasteiger partial charge in [-0.1, -0.05) is 0 Å². The zero-order chi connectivity index (χ0) is 15.8. The van der Waals surface area contributed by atoms with Crippen LogP contribution in [0.2, 0.25) is 0 Å². The molecule has 0 radical (unpaired) electrons. The number of nitrogens with one attached hydrogen (secondary N) is 2. The van der Waals surface area contributed by atoms with Crippen LogP contribution < -0.4 is 15.4 Å². The Morgan fingerprint density at radius 2 is 1.95 bits per heavy atom. The lowest BCUT2D eigenvalue weighted by atomic mass is 10.2. The fourth-order valence-corrected chi connectivity index (χ4v) is 1.63. The third-order valence-corrected chi connectivity index (χ3v) is 2.65. The van der Waals surface area contributed by atoms with Crippen LogP contribution >= 0.6 is 0 Å². The molecule has 2 aromatic rings. The largest absolute Gasteiger partial charge is 0.484 e. The van der Waals surface area contributed by atoms with Crippen LogP contribution in [0.25, 0.3) is 11.5 Å². The molecular weight excluding hydrogens is 288 g/mol. The summed E-state index contributed by atoms with van der Waals surface area (Å²) in [5.41, 5.74) is 0.755. The van der Waals surface area contributed by atoms with Gasteiger partial charge in [-0.05, 0) is 31.2 Å². The molecule has 1 heterocycles. The van der Waals surface area contributed by atoms with E-state index in [0.717, 1.165) is 5.56 Å². The van der Waals surface area contributed by atoms with E-state index in [-0.39, 0.29) is 25.0 Å². The summed E-state index contributed by atoms with van der Waals surface area (Å²) >= 11 is 0. The quantitative estimate of drug-likeness (QED) is 0.765.